The minimum Gasteiger partial charge on any atom is -0.374 e. The molecule has 5 heteroatoms. The van der Waals surface area contributed by atoms with Gasteiger partial charge in [0.2, 0.25) is 0 Å². The van der Waals surface area contributed by atoms with Crippen molar-refractivity contribution in [1.82, 2.24) is 9.13 Å². The zero-order valence-corrected chi connectivity index (χ0v) is 16.1. The van der Waals surface area contributed by atoms with Crippen molar-refractivity contribution in [1.29, 1.82) is 0 Å². The van der Waals surface area contributed by atoms with E-state index in [1.54, 1.807) is 0 Å². The maximum absolute atomic E-state index is 6.16. The number of hydrogen-bond acceptors (Lipinski definition) is 4. The predicted molar refractivity (Wildman–Crippen MR) is 101 cm³/mol. The summed E-state index contributed by atoms with van der Waals surface area (Å²) in [5, 5.41) is 0. The SMILES string of the molecule is CO[Si](OC)(N1CCc2ccccc2C1)N1CCc2ccccc2C1. The van der Waals surface area contributed by atoms with E-state index >= 15 is 0 Å². The molecule has 2 heterocycles. The van der Waals surface area contributed by atoms with E-state index in [0.29, 0.717) is 0 Å². The molecule has 132 valence electrons. The molecule has 4 rings (SSSR count). The Morgan fingerprint density at radius 3 is 1.48 bits per heavy atom. The minimum absolute atomic E-state index is 0.905. The van der Waals surface area contributed by atoms with Crippen LogP contribution in [0, 0.1) is 0 Å². The topological polar surface area (TPSA) is 24.9 Å². The van der Waals surface area contributed by atoms with Crippen LogP contribution in [-0.4, -0.2) is 45.3 Å². The summed E-state index contributed by atoms with van der Waals surface area (Å²) in [6.07, 6.45) is 2.12. The maximum Gasteiger partial charge on any atom is 0.522 e. The second kappa shape index (κ2) is 7.01. The smallest absolute Gasteiger partial charge is 0.374 e. The van der Waals surface area contributed by atoms with Gasteiger partial charge in [-0.3, -0.25) is 9.13 Å². The zero-order valence-electron chi connectivity index (χ0n) is 15.1. The second-order valence-electron chi connectivity index (χ2n) is 6.84. The molecule has 2 aromatic carbocycles. The van der Waals surface area contributed by atoms with Crippen LogP contribution in [0.1, 0.15) is 22.3 Å². The third-order valence-electron chi connectivity index (χ3n) is 5.59. The van der Waals surface area contributed by atoms with Crippen LogP contribution in [0.3, 0.4) is 0 Å². The molecular weight excluding hydrogens is 328 g/mol. The van der Waals surface area contributed by atoms with Crippen molar-refractivity contribution in [3.63, 3.8) is 0 Å². The Labute approximate surface area is 151 Å². The molecule has 2 aliphatic heterocycles. The van der Waals surface area contributed by atoms with Gasteiger partial charge < -0.3 is 8.85 Å². The van der Waals surface area contributed by atoms with Crippen molar-refractivity contribution < 1.29 is 8.85 Å². The van der Waals surface area contributed by atoms with Crippen LogP contribution in [0.15, 0.2) is 48.5 Å². The highest BCUT2D eigenvalue weighted by Gasteiger charge is 2.51. The molecule has 0 radical (unpaired) electrons. The molecule has 0 amide bonds. The van der Waals surface area contributed by atoms with Gasteiger partial charge in [0.15, 0.2) is 0 Å². The first kappa shape index (κ1) is 16.9. The molecular formula is C20H26N2O2Si. The largest absolute Gasteiger partial charge is 0.522 e. The van der Waals surface area contributed by atoms with Gasteiger partial charge in [-0.25, -0.2) is 0 Å². The van der Waals surface area contributed by atoms with E-state index < -0.39 is 8.88 Å². The Balaban J connectivity index is 1.62. The lowest BCUT2D eigenvalue weighted by atomic mass is 10.0. The fraction of sp³-hybridized carbons (Fsp3) is 0.400. The molecule has 0 aromatic heterocycles. The number of hydrogen-bond donors (Lipinski definition) is 0. The summed E-state index contributed by atoms with van der Waals surface area (Å²) >= 11 is 0. The molecule has 0 aliphatic carbocycles. The van der Waals surface area contributed by atoms with Gasteiger partial charge in [0.05, 0.1) is 0 Å². The lowest BCUT2D eigenvalue weighted by Crippen LogP contribution is -2.70. The van der Waals surface area contributed by atoms with Crippen molar-refractivity contribution in [2.45, 2.75) is 25.9 Å². The Morgan fingerprint density at radius 1 is 0.680 bits per heavy atom. The highest BCUT2D eigenvalue weighted by Crippen LogP contribution is 2.30. The van der Waals surface area contributed by atoms with Crippen LogP contribution in [0.25, 0.3) is 0 Å². The lowest BCUT2D eigenvalue weighted by molar-refractivity contribution is 0.0819. The highest BCUT2D eigenvalue weighted by atomic mass is 28.4. The molecule has 2 aliphatic rings. The van der Waals surface area contributed by atoms with E-state index in [-0.39, 0.29) is 0 Å². The molecule has 4 nitrogen and oxygen atoms in total. The van der Waals surface area contributed by atoms with Crippen molar-refractivity contribution in [3.8, 4) is 0 Å². The molecule has 25 heavy (non-hydrogen) atoms. The van der Waals surface area contributed by atoms with Crippen molar-refractivity contribution in [3.05, 3.63) is 70.8 Å². The zero-order chi connectivity index (χ0) is 17.3. The molecule has 0 bridgehead atoms. The number of nitrogens with zero attached hydrogens (tertiary/aromatic N) is 2. The van der Waals surface area contributed by atoms with E-state index in [1.165, 1.54) is 22.3 Å². The van der Waals surface area contributed by atoms with Gasteiger partial charge in [0.25, 0.3) is 0 Å². The summed E-state index contributed by atoms with van der Waals surface area (Å²) < 4.78 is 17.3. The third kappa shape index (κ3) is 2.96. The summed E-state index contributed by atoms with van der Waals surface area (Å²) in [4.78, 5) is 0. The molecule has 0 atom stereocenters. The van der Waals surface area contributed by atoms with E-state index in [9.17, 15) is 0 Å². The Hall–Kier alpha value is -1.50. The fourth-order valence-electron chi connectivity index (χ4n) is 4.27. The summed E-state index contributed by atoms with van der Waals surface area (Å²) in [6.45, 7) is 3.79. The molecule has 0 N–H and O–H groups in total. The van der Waals surface area contributed by atoms with Crippen LogP contribution in [0.5, 0.6) is 0 Å². The monoisotopic (exact) mass is 354 g/mol. The van der Waals surface area contributed by atoms with Gasteiger partial charge in [-0.05, 0) is 35.1 Å². The van der Waals surface area contributed by atoms with Crippen LogP contribution < -0.4 is 0 Å². The lowest BCUT2D eigenvalue weighted by Gasteiger charge is -2.47. The minimum atomic E-state index is -2.61. The summed E-state index contributed by atoms with van der Waals surface area (Å²) in [5.41, 5.74) is 5.71. The van der Waals surface area contributed by atoms with Crippen molar-refractivity contribution >= 4 is 8.88 Å². The average Bonchev–Trinajstić information content (AvgIpc) is 2.69. The maximum atomic E-state index is 6.16. The van der Waals surface area contributed by atoms with Crippen molar-refractivity contribution in [2.24, 2.45) is 0 Å². The van der Waals surface area contributed by atoms with Gasteiger partial charge in [0, 0.05) is 40.4 Å². The van der Waals surface area contributed by atoms with Gasteiger partial charge in [-0.15, -0.1) is 0 Å². The third-order valence-corrected chi connectivity index (χ3v) is 9.02. The summed E-state index contributed by atoms with van der Waals surface area (Å²) in [5.74, 6) is 0. The average molecular weight is 355 g/mol. The van der Waals surface area contributed by atoms with Gasteiger partial charge in [-0.1, -0.05) is 48.5 Å². The first-order valence-corrected chi connectivity index (χ1v) is 10.7. The predicted octanol–water partition coefficient (Wildman–Crippen LogP) is 2.83. The molecule has 0 saturated carbocycles. The first-order chi connectivity index (χ1) is 12.3. The van der Waals surface area contributed by atoms with Crippen LogP contribution in [-0.2, 0) is 34.8 Å². The van der Waals surface area contributed by atoms with Crippen molar-refractivity contribution in [2.75, 3.05) is 27.3 Å². The number of benzene rings is 2. The highest BCUT2D eigenvalue weighted by molar-refractivity contribution is 6.61. The van der Waals surface area contributed by atoms with Crippen LogP contribution in [0.2, 0.25) is 0 Å². The first-order valence-electron chi connectivity index (χ1n) is 9.01. The summed E-state index contributed by atoms with van der Waals surface area (Å²) in [6, 6.07) is 17.5. The fourth-order valence-corrected chi connectivity index (χ4v) is 7.40. The normalized spacial score (nSPS) is 18.6. The standard InChI is InChI=1S/C20H26N2O2Si/c1-23-25(24-2,21-13-11-17-7-3-5-9-19(17)15-21)22-14-12-18-8-4-6-10-20(18)16-22/h3-10H,11-16H2,1-2H3. The van der Waals surface area contributed by atoms with E-state index in [4.69, 9.17) is 8.85 Å². The van der Waals surface area contributed by atoms with Crippen LogP contribution >= 0.6 is 0 Å². The van der Waals surface area contributed by atoms with E-state index in [0.717, 1.165) is 39.0 Å². The van der Waals surface area contributed by atoms with E-state index in [1.807, 2.05) is 14.2 Å². The number of fused-ring (bicyclic) bond motifs is 2. The van der Waals surface area contributed by atoms with Gasteiger partial charge in [-0.2, -0.15) is 0 Å². The second-order valence-corrected chi connectivity index (χ2v) is 10.0. The quantitative estimate of drug-likeness (QED) is 0.789. The van der Waals surface area contributed by atoms with Gasteiger partial charge in [0.1, 0.15) is 0 Å². The summed E-state index contributed by atoms with van der Waals surface area (Å²) in [7, 11) is 1.02. The molecule has 0 fully saturated rings. The van der Waals surface area contributed by atoms with Gasteiger partial charge >= 0.3 is 8.88 Å². The van der Waals surface area contributed by atoms with E-state index in [2.05, 4.69) is 57.7 Å². The Bertz CT molecular complexity index is 688. The number of rotatable bonds is 4. The molecule has 0 unspecified atom stereocenters. The molecule has 0 spiro atoms. The Morgan fingerprint density at radius 2 is 1.08 bits per heavy atom. The van der Waals surface area contributed by atoms with Crippen LogP contribution in [0.4, 0.5) is 0 Å². The Kier molecular flexibility index (Phi) is 4.75. The molecule has 0 saturated heterocycles. The molecule has 2 aromatic rings.